The molecular weight excluding hydrogens is 295 g/mol. The molecule has 2 aromatic heterocycles. The van der Waals surface area contributed by atoms with Crippen molar-refractivity contribution < 1.29 is 10.0 Å². The number of nitrogens with one attached hydrogen (secondary N) is 2. The van der Waals surface area contributed by atoms with Crippen molar-refractivity contribution in [1.82, 2.24) is 20.2 Å². The molecule has 1 saturated carbocycles. The van der Waals surface area contributed by atoms with Crippen LogP contribution in [0.3, 0.4) is 0 Å². The minimum Gasteiger partial charge on any atom is -0.423 e. The molecule has 1 aliphatic rings. The lowest BCUT2D eigenvalue weighted by Crippen LogP contribution is -2.30. The standard InChI is InChI=1S/C14H19BN6O2/c1-9-7-17-14(21-20-9)19-12-4-3-11(6-12)18-13-5-2-10(8-16-13)15(22)23/h2,5,7-8,11-12,22-23H,3-4,6H2,1H3,(H,16,18)(H,17,19,21)/t11-,12-/m0/s1. The summed E-state index contributed by atoms with van der Waals surface area (Å²) >= 11 is 0. The molecule has 0 unspecified atom stereocenters. The molecule has 1 fully saturated rings. The molecule has 0 aliphatic heterocycles. The second-order valence-electron chi connectivity index (χ2n) is 5.77. The Labute approximate surface area is 134 Å². The summed E-state index contributed by atoms with van der Waals surface area (Å²) in [6, 6.07) is 4.01. The third kappa shape index (κ3) is 4.14. The first-order valence-electron chi connectivity index (χ1n) is 7.61. The average molecular weight is 314 g/mol. The van der Waals surface area contributed by atoms with Crippen molar-refractivity contribution >= 4 is 24.3 Å². The highest BCUT2D eigenvalue weighted by Crippen LogP contribution is 2.24. The zero-order valence-corrected chi connectivity index (χ0v) is 12.8. The fourth-order valence-electron chi connectivity index (χ4n) is 2.68. The highest BCUT2D eigenvalue weighted by Gasteiger charge is 2.25. The lowest BCUT2D eigenvalue weighted by atomic mass is 9.82. The normalized spacial score (nSPS) is 20.3. The van der Waals surface area contributed by atoms with Gasteiger partial charge in [0.2, 0.25) is 5.95 Å². The van der Waals surface area contributed by atoms with Crippen LogP contribution < -0.4 is 16.1 Å². The molecule has 23 heavy (non-hydrogen) atoms. The maximum atomic E-state index is 9.06. The van der Waals surface area contributed by atoms with Crippen molar-refractivity contribution in [3.8, 4) is 0 Å². The number of pyridine rings is 1. The van der Waals surface area contributed by atoms with Gasteiger partial charge >= 0.3 is 7.12 Å². The Kier molecular flexibility index (Phi) is 4.68. The van der Waals surface area contributed by atoms with E-state index in [2.05, 4.69) is 30.8 Å². The summed E-state index contributed by atoms with van der Waals surface area (Å²) in [6.45, 7) is 1.85. The number of anilines is 2. The summed E-state index contributed by atoms with van der Waals surface area (Å²) in [4.78, 5) is 8.41. The fourth-order valence-corrected chi connectivity index (χ4v) is 2.68. The van der Waals surface area contributed by atoms with Crippen molar-refractivity contribution in [1.29, 1.82) is 0 Å². The zero-order valence-electron chi connectivity index (χ0n) is 12.8. The van der Waals surface area contributed by atoms with E-state index < -0.39 is 7.12 Å². The Bertz CT molecular complexity index is 637. The molecule has 2 heterocycles. The minimum atomic E-state index is -1.49. The largest absolute Gasteiger partial charge is 0.490 e. The summed E-state index contributed by atoms with van der Waals surface area (Å²) in [6.07, 6.45) is 6.12. The van der Waals surface area contributed by atoms with Crippen LogP contribution in [-0.2, 0) is 0 Å². The number of hydrogen-bond acceptors (Lipinski definition) is 8. The predicted molar refractivity (Wildman–Crippen MR) is 87.3 cm³/mol. The highest BCUT2D eigenvalue weighted by atomic mass is 16.4. The van der Waals surface area contributed by atoms with Gasteiger partial charge in [-0.1, -0.05) is 6.07 Å². The molecule has 0 amide bonds. The van der Waals surface area contributed by atoms with Gasteiger partial charge in [-0.15, -0.1) is 5.10 Å². The Morgan fingerprint density at radius 2 is 1.83 bits per heavy atom. The molecular formula is C14H19BN6O2. The summed E-state index contributed by atoms with van der Waals surface area (Å²) in [5.74, 6) is 1.29. The average Bonchev–Trinajstić information content (AvgIpc) is 2.97. The van der Waals surface area contributed by atoms with Crippen LogP contribution in [0, 0.1) is 6.92 Å². The van der Waals surface area contributed by atoms with Crippen LogP contribution >= 0.6 is 0 Å². The van der Waals surface area contributed by atoms with Crippen LogP contribution in [0.1, 0.15) is 25.0 Å². The van der Waals surface area contributed by atoms with E-state index in [0.29, 0.717) is 23.5 Å². The molecule has 4 N–H and O–H groups in total. The Morgan fingerprint density at radius 3 is 2.43 bits per heavy atom. The van der Waals surface area contributed by atoms with Crippen molar-refractivity contribution in [3.05, 3.63) is 30.2 Å². The van der Waals surface area contributed by atoms with Gasteiger partial charge < -0.3 is 20.7 Å². The van der Waals surface area contributed by atoms with Gasteiger partial charge in [0.15, 0.2) is 0 Å². The molecule has 0 aromatic carbocycles. The zero-order chi connectivity index (χ0) is 16.2. The molecule has 1 aliphatic carbocycles. The first kappa shape index (κ1) is 15.6. The van der Waals surface area contributed by atoms with Gasteiger partial charge in [-0.25, -0.2) is 9.97 Å². The van der Waals surface area contributed by atoms with E-state index in [1.807, 2.05) is 6.92 Å². The lowest BCUT2D eigenvalue weighted by molar-refractivity contribution is 0.425. The van der Waals surface area contributed by atoms with Crippen molar-refractivity contribution in [3.63, 3.8) is 0 Å². The number of aromatic nitrogens is 4. The highest BCUT2D eigenvalue weighted by molar-refractivity contribution is 6.58. The maximum Gasteiger partial charge on any atom is 0.490 e. The van der Waals surface area contributed by atoms with Crippen LogP contribution in [-0.4, -0.2) is 49.4 Å². The van der Waals surface area contributed by atoms with Gasteiger partial charge in [-0.05, 0) is 32.3 Å². The molecule has 3 rings (SSSR count). The summed E-state index contributed by atoms with van der Waals surface area (Å²) < 4.78 is 0. The first-order chi connectivity index (χ1) is 11.1. The first-order valence-corrected chi connectivity index (χ1v) is 7.61. The van der Waals surface area contributed by atoms with Crippen LogP contribution in [0.25, 0.3) is 0 Å². The molecule has 0 radical (unpaired) electrons. The number of hydrogen-bond donors (Lipinski definition) is 4. The van der Waals surface area contributed by atoms with Gasteiger partial charge in [0.1, 0.15) is 5.82 Å². The Morgan fingerprint density at radius 1 is 1.04 bits per heavy atom. The van der Waals surface area contributed by atoms with Crippen LogP contribution in [0.15, 0.2) is 24.5 Å². The molecule has 0 bridgehead atoms. The van der Waals surface area contributed by atoms with E-state index >= 15 is 0 Å². The summed E-state index contributed by atoms with van der Waals surface area (Å²) in [5, 5.41) is 32.8. The number of rotatable bonds is 5. The van der Waals surface area contributed by atoms with Crippen molar-refractivity contribution in [2.75, 3.05) is 10.6 Å². The molecule has 2 atom stereocenters. The van der Waals surface area contributed by atoms with Gasteiger partial charge in [0.05, 0.1) is 11.9 Å². The minimum absolute atomic E-state index is 0.301. The quantitative estimate of drug-likeness (QED) is 0.556. The molecule has 9 heteroatoms. The van der Waals surface area contributed by atoms with Gasteiger partial charge in [0.25, 0.3) is 0 Å². The van der Waals surface area contributed by atoms with Crippen LogP contribution in [0.4, 0.5) is 11.8 Å². The van der Waals surface area contributed by atoms with E-state index in [4.69, 9.17) is 10.0 Å². The van der Waals surface area contributed by atoms with Crippen LogP contribution in [0.5, 0.6) is 0 Å². The maximum absolute atomic E-state index is 9.06. The molecule has 0 saturated heterocycles. The SMILES string of the molecule is Cc1cnc(N[C@H]2CC[C@H](Nc3ccc(B(O)O)cn3)C2)nn1. The van der Waals surface area contributed by atoms with E-state index in [1.54, 1.807) is 18.3 Å². The van der Waals surface area contributed by atoms with E-state index in [9.17, 15) is 0 Å². The molecule has 0 spiro atoms. The van der Waals surface area contributed by atoms with E-state index in [-0.39, 0.29) is 0 Å². The van der Waals surface area contributed by atoms with E-state index in [1.165, 1.54) is 6.20 Å². The van der Waals surface area contributed by atoms with Crippen molar-refractivity contribution in [2.45, 2.75) is 38.3 Å². The fraction of sp³-hybridized carbons (Fsp3) is 0.429. The lowest BCUT2D eigenvalue weighted by Gasteiger charge is -2.15. The van der Waals surface area contributed by atoms with Gasteiger partial charge in [-0.3, -0.25) is 0 Å². The van der Waals surface area contributed by atoms with Crippen molar-refractivity contribution in [2.24, 2.45) is 0 Å². The van der Waals surface area contributed by atoms with Crippen LogP contribution in [0.2, 0.25) is 0 Å². The third-order valence-electron chi connectivity index (χ3n) is 3.88. The summed E-state index contributed by atoms with van der Waals surface area (Å²) in [5.41, 5.74) is 1.18. The Hall–Kier alpha value is -2.26. The smallest absolute Gasteiger partial charge is 0.423 e. The predicted octanol–water partition coefficient (Wildman–Crippen LogP) is -0.300. The number of aryl methyl sites for hydroxylation is 1. The second-order valence-corrected chi connectivity index (χ2v) is 5.77. The van der Waals surface area contributed by atoms with Gasteiger partial charge in [-0.2, -0.15) is 5.10 Å². The molecule has 2 aromatic rings. The second kappa shape index (κ2) is 6.88. The molecule has 8 nitrogen and oxygen atoms in total. The Balaban J connectivity index is 1.52. The topological polar surface area (TPSA) is 116 Å². The van der Waals surface area contributed by atoms with E-state index in [0.717, 1.165) is 30.8 Å². The summed E-state index contributed by atoms with van der Waals surface area (Å²) in [7, 11) is -1.49. The molecule has 120 valence electrons. The number of nitrogens with zero attached hydrogens (tertiary/aromatic N) is 4. The third-order valence-corrected chi connectivity index (χ3v) is 3.88. The monoisotopic (exact) mass is 314 g/mol. The van der Waals surface area contributed by atoms with Gasteiger partial charge in [0, 0.05) is 23.7 Å².